The van der Waals surface area contributed by atoms with Gasteiger partial charge in [0.05, 0.1) is 16.6 Å². The van der Waals surface area contributed by atoms with Crippen LogP contribution >= 0.6 is 0 Å². The fourth-order valence-electron chi connectivity index (χ4n) is 11.2. The van der Waals surface area contributed by atoms with Gasteiger partial charge >= 0.3 is 26.2 Å². The Kier molecular flexibility index (Phi) is 17.7. The van der Waals surface area contributed by atoms with Gasteiger partial charge < -0.3 is 29.7 Å². The topological polar surface area (TPSA) is 0 Å². The van der Waals surface area contributed by atoms with E-state index < -0.39 is 24.7 Å². The molecule has 0 saturated heterocycles. The van der Waals surface area contributed by atoms with E-state index in [0.29, 0.717) is 0 Å². The van der Waals surface area contributed by atoms with Crippen LogP contribution in [0.5, 0.6) is 0 Å². The van der Waals surface area contributed by atoms with Crippen LogP contribution in [-0.2, 0) is 26.2 Å². The normalized spacial score (nSPS) is 31.8. The molecule has 4 aliphatic carbocycles. The Labute approximate surface area is 299 Å². The van der Waals surface area contributed by atoms with Gasteiger partial charge in [-0.05, 0) is 52.6 Å². The number of benzene rings is 2. The smallest absolute Gasteiger partial charge is 0.358 e. The van der Waals surface area contributed by atoms with Crippen LogP contribution in [0.25, 0.3) is 0 Å². The second kappa shape index (κ2) is 18.5. The first kappa shape index (κ1) is 42.0. The molecule has 6 rings (SSSR count). The molecular formula is C40H68Si3Zr. The maximum Gasteiger partial charge on any atom is 4.00 e. The number of rotatable bonds is 9. The molecule has 0 spiro atoms. The van der Waals surface area contributed by atoms with E-state index in [4.69, 9.17) is 0 Å². The van der Waals surface area contributed by atoms with Crippen LogP contribution in [0.3, 0.4) is 0 Å². The summed E-state index contributed by atoms with van der Waals surface area (Å²) < 4.78 is 0. The molecule has 4 aliphatic rings. The van der Waals surface area contributed by atoms with Gasteiger partial charge in [-0.2, -0.15) is 0 Å². The maximum absolute atomic E-state index is 2.74. The standard InChI is InChI=1S/C36H56Si3.4CH3.Zr/c1-5-6-14-27-21-22-31(25-27)37(29-16-9-7-10-17-29)38(30-18-11-8-12-19-30)35-24-23-33-34(35)26-28-15-13-20-32(28)36(33)39(2,3)4;;;;;/h7-12,16-19,27-28,31-38H,5-6,13-15,20-26H2,1-4H3;4*1H3;/q;4*-1;+4. The predicted molar refractivity (Wildman–Crippen MR) is 205 cm³/mol. The van der Waals surface area contributed by atoms with Gasteiger partial charge in [-0.15, -0.1) is 0 Å². The third kappa shape index (κ3) is 8.70. The van der Waals surface area contributed by atoms with E-state index in [1.165, 1.54) is 32.1 Å². The zero-order valence-corrected chi connectivity index (χ0v) is 35.8. The van der Waals surface area contributed by atoms with Crippen LogP contribution in [-0.4, -0.2) is 24.7 Å². The summed E-state index contributed by atoms with van der Waals surface area (Å²) in [5, 5.41) is 3.71. The summed E-state index contributed by atoms with van der Waals surface area (Å²) in [5.74, 6) is 5.28. The molecule has 0 nitrogen and oxygen atoms in total. The molecular weight excluding hydrogens is 656 g/mol. The maximum atomic E-state index is 2.74. The van der Waals surface area contributed by atoms with Crippen LogP contribution in [0.15, 0.2) is 60.7 Å². The first-order chi connectivity index (χ1) is 19.0. The van der Waals surface area contributed by atoms with Gasteiger partial charge in [0.2, 0.25) is 0 Å². The van der Waals surface area contributed by atoms with Gasteiger partial charge in [0, 0.05) is 8.07 Å². The van der Waals surface area contributed by atoms with Crippen LogP contribution in [0.1, 0.15) is 84.0 Å². The van der Waals surface area contributed by atoms with Crippen molar-refractivity contribution < 1.29 is 26.2 Å². The molecule has 0 radical (unpaired) electrons. The van der Waals surface area contributed by atoms with Crippen LogP contribution in [0, 0.1) is 59.3 Å². The average molecular weight is 724 g/mol. The number of hydrogen-bond donors (Lipinski definition) is 0. The van der Waals surface area contributed by atoms with Gasteiger partial charge in [0.15, 0.2) is 0 Å². The second-order valence-corrected chi connectivity index (χ2v) is 30.4. The predicted octanol–water partition coefficient (Wildman–Crippen LogP) is 10.4. The molecule has 10 atom stereocenters. The number of unbranched alkanes of at least 4 members (excludes halogenated alkanes) is 1. The summed E-state index contributed by atoms with van der Waals surface area (Å²) in [4.78, 5) is 0. The van der Waals surface area contributed by atoms with E-state index >= 15 is 0 Å². The molecule has 4 heteroatoms. The zero-order chi connectivity index (χ0) is 27.0. The molecule has 2 aromatic rings. The molecule has 4 fully saturated rings. The monoisotopic (exact) mass is 722 g/mol. The van der Waals surface area contributed by atoms with Gasteiger partial charge in [0.25, 0.3) is 0 Å². The molecule has 4 saturated carbocycles. The van der Waals surface area contributed by atoms with E-state index in [0.717, 1.165) is 46.2 Å². The van der Waals surface area contributed by atoms with E-state index in [9.17, 15) is 0 Å². The van der Waals surface area contributed by atoms with E-state index in [-0.39, 0.29) is 55.9 Å². The quantitative estimate of drug-likeness (QED) is 0.179. The molecule has 44 heavy (non-hydrogen) atoms. The first-order valence-corrected chi connectivity index (χ1v) is 25.8. The number of fused-ring (bicyclic) bond motifs is 2. The van der Waals surface area contributed by atoms with Crippen molar-refractivity contribution >= 4 is 35.1 Å². The Bertz CT molecular complexity index is 1050. The van der Waals surface area contributed by atoms with E-state index in [1.54, 1.807) is 44.9 Å². The van der Waals surface area contributed by atoms with Crippen molar-refractivity contribution in [2.24, 2.45) is 29.6 Å². The van der Waals surface area contributed by atoms with Gasteiger partial charge in [-0.1, -0.05) is 168 Å². The van der Waals surface area contributed by atoms with Crippen molar-refractivity contribution in [2.45, 2.75) is 120 Å². The Morgan fingerprint density at radius 2 is 1.27 bits per heavy atom. The van der Waals surface area contributed by atoms with Crippen molar-refractivity contribution in [2.75, 3.05) is 0 Å². The van der Waals surface area contributed by atoms with E-state index in [1.807, 2.05) is 10.4 Å². The average Bonchev–Trinajstić information content (AvgIpc) is 3.69. The van der Waals surface area contributed by atoms with Gasteiger partial charge in [0.1, 0.15) is 0 Å². The van der Waals surface area contributed by atoms with Crippen LogP contribution in [0.2, 0.25) is 36.3 Å². The SMILES string of the molecule is CCCCC1CCC([SiH](c2ccccc2)[SiH](c2ccccc2)C2CCC3C2CC2CCCC2C3[Si](C)(C)C)C1.[CH3-].[CH3-].[CH3-].[CH3-].[Zr+4]. The fourth-order valence-corrected chi connectivity index (χ4v) is 31.4. The molecule has 0 aromatic heterocycles. The summed E-state index contributed by atoms with van der Waals surface area (Å²) in [6.45, 7) is 10.6. The molecule has 0 heterocycles. The van der Waals surface area contributed by atoms with Crippen molar-refractivity contribution in [3.63, 3.8) is 0 Å². The Morgan fingerprint density at radius 3 is 1.86 bits per heavy atom. The summed E-state index contributed by atoms with van der Waals surface area (Å²) in [7, 11) is -3.46. The molecule has 0 N–H and O–H groups in total. The van der Waals surface area contributed by atoms with Crippen molar-refractivity contribution in [3.05, 3.63) is 90.4 Å². The van der Waals surface area contributed by atoms with Crippen molar-refractivity contribution in [3.8, 4) is 0 Å². The molecule has 10 unspecified atom stereocenters. The van der Waals surface area contributed by atoms with Gasteiger partial charge in [-0.25, -0.2) is 0 Å². The fraction of sp³-hybridized carbons (Fsp3) is 0.600. The minimum Gasteiger partial charge on any atom is -0.358 e. The Morgan fingerprint density at radius 1 is 0.659 bits per heavy atom. The molecule has 244 valence electrons. The summed E-state index contributed by atoms with van der Waals surface area (Å²) in [6, 6.07) is 24.6. The largest absolute Gasteiger partial charge is 4.00 e. The molecule has 0 aliphatic heterocycles. The zero-order valence-electron chi connectivity index (χ0n) is 30.0. The van der Waals surface area contributed by atoms with Crippen molar-refractivity contribution in [1.29, 1.82) is 0 Å². The minimum absolute atomic E-state index is 0. The van der Waals surface area contributed by atoms with E-state index in [2.05, 4.69) is 87.2 Å². The Hall–Kier alpha value is -0.0262. The van der Waals surface area contributed by atoms with Crippen molar-refractivity contribution in [1.82, 2.24) is 0 Å². The summed E-state index contributed by atoms with van der Waals surface area (Å²) in [5.41, 5.74) is 3.20. The minimum atomic E-state index is -1.18. The molecule has 0 bridgehead atoms. The summed E-state index contributed by atoms with van der Waals surface area (Å²) >= 11 is 0. The number of hydrogen-bond acceptors (Lipinski definition) is 0. The molecule has 0 amide bonds. The summed E-state index contributed by atoms with van der Waals surface area (Å²) in [6.07, 6.45) is 18.3. The van der Waals surface area contributed by atoms with Crippen LogP contribution in [0.4, 0.5) is 0 Å². The van der Waals surface area contributed by atoms with Crippen LogP contribution < -0.4 is 10.4 Å². The molecule has 2 aromatic carbocycles. The Balaban J connectivity index is 0.00000194. The first-order valence-electron chi connectivity index (χ1n) is 17.1. The third-order valence-electron chi connectivity index (χ3n) is 12.4. The third-order valence-corrected chi connectivity index (χ3v) is 29.5. The second-order valence-electron chi connectivity index (χ2n) is 15.5. The van der Waals surface area contributed by atoms with Gasteiger partial charge in [-0.3, -0.25) is 0 Å².